The van der Waals surface area contributed by atoms with Crippen LogP contribution in [-0.4, -0.2) is 29.8 Å². The predicted molar refractivity (Wildman–Crippen MR) is 63.9 cm³/mol. The normalized spacial score (nSPS) is 11.1. The highest BCUT2D eigenvalue weighted by molar-refractivity contribution is 5.72. The average Bonchev–Trinajstić information content (AvgIpc) is 2.78. The van der Waals surface area contributed by atoms with Crippen molar-refractivity contribution in [3.05, 3.63) is 46.4 Å². The highest BCUT2D eigenvalue weighted by Gasteiger charge is 2.10. The molecule has 8 heteroatoms. The number of hydrogen-bond acceptors (Lipinski definition) is 5. The van der Waals surface area contributed by atoms with Crippen LogP contribution in [0.2, 0.25) is 0 Å². The molecule has 0 fully saturated rings. The molecular weight excluding hydrogens is 251 g/mol. The van der Waals surface area contributed by atoms with E-state index in [0.29, 0.717) is 16.7 Å². The van der Waals surface area contributed by atoms with Gasteiger partial charge in [0.15, 0.2) is 5.65 Å². The molecule has 3 aromatic rings. The van der Waals surface area contributed by atoms with Crippen LogP contribution >= 0.6 is 0 Å². The van der Waals surface area contributed by atoms with Crippen LogP contribution in [0, 0.1) is 5.82 Å². The largest absolute Gasteiger partial charge is 0.281 e. The standard InChI is InChI=1S/C11H9FN6O/c1-17-10-9(5-14-17)11(19)18(16-15-10)6-8-3-2-7(12)4-13-8/h2-5H,6H2,1H3. The van der Waals surface area contributed by atoms with Gasteiger partial charge < -0.3 is 0 Å². The molecule has 0 spiro atoms. The van der Waals surface area contributed by atoms with Gasteiger partial charge in [0.05, 0.1) is 24.6 Å². The van der Waals surface area contributed by atoms with Gasteiger partial charge in [-0.3, -0.25) is 9.78 Å². The van der Waals surface area contributed by atoms with Gasteiger partial charge in [0.1, 0.15) is 11.2 Å². The highest BCUT2D eigenvalue weighted by atomic mass is 19.1. The summed E-state index contributed by atoms with van der Waals surface area (Å²) in [6.07, 6.45) is 2.54. The molecule has 0 saturated heterocycles. The van der Waals surface area contributed by atoms with Crippen LogP contribution in [0.25, 0.3) is 11.0 Å². The van der Waals surface area contributed by atoms with E-state index in [1.807, 2.05) is 0 Å². The van der Waals surface area contributed by atoms with E-state index < -0.39 is 5.82 Å². The van der Waals surface area contributed by atoms with E-state index in [1.54, 1.807) is 7.05 Å². The molecule has 3 aromatic heterocycles. The Morgan fingerprint density at radius 3 is 2.89 bits per heavy atom. The zero-order valence-electron chi connectivity index (χ0n) is 9.99. The molecule has 0 atom stereocenters. The molecular formula is C11H9FN6O. The van der Waals surface area contributed by atoms with Crippen LogP contribution in [-0.2, 0) is 13.6 Å². The smallest absolute Gasteiger partial charge is 0.267 e. The minimum atomic E-state index is -0.426. The maximum atomic E-state index is 12.7. The average molecular weight is 260 g/mol. The summed E-state index contributed by atoms with van der Waals surface area (Å²) in [7, 11) is 1.68. The summed E-state index contributed by atoms with van der Waals surface area (Å²) in [6.45, 7) is 0.136. The molecule has 96 valence electrons. The Morgan fingerprint density at radius 2 is 2.16 bits per heavy atom. The lowest BCUT2D eigenvalue weighted by Gasteiger charge is -2.02. The number of nitrogens with zero attached hydrogens (tertiary/aromatic N) is 6. The Labute approximate surface area is 106 Å². The third-order valence-electron chi connectivity index (χ3n) is 2.72. The Kier molecular flexibility index (Phi) is 2.55. The van der Waals surface area contributed by atoms with Crippen LogP contribution < -0.4 is 5.56 Å². The van der Waals surface area contributed by atoms with E-state index in [0.717, 1.165) is 6.20 Å². The van der Waals surface area contributed by atoms with Crippen LogP contribution in [0.4, 0.5) is 4.39 Å². The number of aryl methyl sites for hydroxylation is 1. The Morgan fingerprint density at radius 1 is 1.32 bits per heavy atom. The summed E-state index contributed by atoms with van der Waals surface area (Å²) in [6, 6.07) is 2.78. The molecule has 0 amide bonds. The highest BCUT2D eigenvalue weighted by Crippen LogP contribution is 2.03. The molecule has 0 bridgehead atoms. The van der Waals surface area contributed by atoms with Gasteiger partial charge in [-0.2, -0.15) is 5.10 Å². The van der Waals surface area contributed by atoms with Crippen molar-refractivity contribution < 1.29 is 4.39 Å². The summed E-state index contributed by atoms with van der Waals surface area (Å²) in [5.74, 6) is -0.426. The summed E-state index contributed by atoms with van der Waals surface area (Å²) >= 11 is 0. The van der Waals surface area contributed by atoms with E-state index in [4.69, 9.17) is 0 Å². The minimum Gasteiger partial charge on any atom is -0.267 e. The van der Waals surface area contributed by atoms with Crippen molar-refractivity contribution in [2.24, 2.45) is 7.05 Å². The fraction of sp³-hybridized carbons (Fsp3) is 0.182. The molecule has 0 aliphatic carbocycles. The van der Waals surface area contributed by atoms with E-state index in [9.17, 15) is 9.18 Å². The first kappa shape index (κ1) is 11.5. The second kappa shape index (κ2) is 4.23. The molecule has 0 aliphatic rings. The minimum absolute atomic E-state index is 0.136. The second-order valence-electron chi connectivity index (χ2n) is 4.03. The first-order valence-corrected chi connectivity index (χ1v) is 5.51. The quantitative estimate of drug-likeness (QED) is 0.653. The lowest BCUT2D eigenvalue weighted by Crippen LogP contribution is -2.25. The summed E-state index contributed by atoms with van der Waals surface area (Å²) in [5.41, 5.74) is 0.651. The molecule has 0 radical (unpaired) electrons. The summed E-state index contributed by atoms with van der Waals surface area (Å²) in [4.78, 5) is 16.0. The monoisotopic (exact) mass is 260 g/mol. The van der Waals surface area contributed by atoms with Crippen molar-refractivity contribution in [3.8, 4) is 0 Å². The molecule has 0 unspecified atom stereocenters. The van der Waals surface area contributed by atoms with Crippen molar-refractivity contribution >= 4 is 11.0 Å². The number of hydrogen-bond donors (Lipinski definition) is 0. The third-order valence-corrected chi connectivity index (χ3v) is 2.72. The molecule has 0 N–H and O–H groups in total. The molecule has 19 heavy (non-hydrogen) atoms. The van der Waals surface area contributed by atoms with Gasteiger partial charge in [-0.1, -0.05) is 5.21 Å². The first-order valence-electron chi connectivity index (χ1n) is 5.51. The maximum absolute atomic E-state index is 12.7. The van der Waals surface area contributed by atoms with Gasteiger partial charge >= 0.3 is 0 Å². The zero-order chi connectivity index (χ0) is 13.4. The van der Waals surface area contributed by atoms with Crippen molar-refractivity contribution in [3.63, 3.8) is 0 Å². The Balaban J connectivity index is 2.04. The molecule has 0 aromatic carbocycles. The molecule has 3 rings (SSSR count). The third kappa shape index (κ3) is 1.96. The van der Waals surface area contributed by atoms with Gasteiger partial charge in [-0.05, 0) is 12.1 Å². The number of aromatic nitrogens is 6. The van der Waals surface area contributed by atoms with Gasteiger partial charge in [-0.15, -0.1) is 5.10 Å². The van der Waals surface area contributed by atoms with Crippen molar-refractivity contribution in [2.45, 2.75) is 6.54 Å². The first-order chi connectivity index (χ1) is 9.15. The topological polar surface area (TPSA) is 78.5 Å². The summed E-state index contributed by atoms with van der Waals surface area (Å²) < 4.78 is 15.4. The molecule has 0 saturated carbocycles. The number of pyridine rings is 1. The van der Waals surface area contributed by atoms with Gasteiger partial charge in [-0.25, -0.2) is 13.8 Å². The zero-order valence-corrected chi connectivity index (χ0v) is 9.99. The van der Waals surface area contributed by atoms with E-state index >= 15 is 0 Å². The van der Waals surface area contributed by atoms with Gasteiger partial charge in [0, 0.05) is 7.05 Å². The second-order valence-corrected chi connectivity index (χ2v) is 4.03. The van der Waals surface area contributed by atoms with Crippen LogP contribution in [0.5, 0.6) is 0 Å². The fourth-order valence-electron chi connectivity index (χ4n) is 1.73. The molecule has 0 aliphatic heterocycles. The van der Waals surface area contributed by atoms with Crippen LogP contribution in [0.1, 0.15) is 5.69 Å². The SMILES string of the molecule is Cn1ncc2c(=O)n(Cc3ccc(F)cn3)nnc21. The lowest BCUT2D eigenvalue weighted by molar-refractivity contribution is 0.579. The number of rotatable bonds is 2. The Hall–Kier alpha value is -2.64. The van der Waals surface area contributed by atoms with E-state index in [1.165, 1.54) is 27.7 Å². The number of fused-ring (bicyclic) bond motifs is 1. The van der Waals surface area contributed by atoms with Crippen molar-refractivity contribution in [2.75, 3.05) is 0 Å². The Bertz CT molecular complexity index is 791. The number of halogens is 1. The lowest BCUT2D eigenvalue weighted by atomic mass is 10.3. The van der Waals surface area contributed by atoms with Gasteiger partial charge in [0.2, 0.25) is 0 Å². The van der Waals surface area contributed by atoms with E-state index in [2.05, 4.69) is 20.4 Å². The van der Waals surface area contributed by atoms with Crippen molar-refractivity contribution in [1.82, 2.24) is 29.8 Å². The fourth-order valence-corrected chi connectivity index (χ4v) is 1.73. The maximum Gasteiger partial charge on any atom is 0.281 e. The van der Waals surface area contributed by atoms with E-state index in [-0.39, 0.29) is 12.1 Å². The van der Waals surface area contributed by atoms with Gasteiger partial charge in [0.25, 0.3) is 5.56 Å². The molecule has 3 heterocycles. The summed E-state index contributed by atoms with van der Waals surface area (Å²) in [5, 5.41) is 12.1. The molecule has 7 nitrogen and oxygen atoms in total. The van der Waals surface area contributed by atoms with Crippen molar-refractivity contribution in [1.29, 1.82) is 0 Å². The van der Waals surface area contributed by atoms with Crippen LogP contribution in [0.3, 0.4) is 0 Å². The predicted octanol–water partition coefficient (Wildman–Crippen LogP) is 0.107. The van der Waals surface area contributed by atoms with Crippen LogP contribution in [0.15, 0.2) is 29.3 Å².